The molecule has 2 unspecified atom stereocenters. The van der Waals surface area contributed by atoms with Crippen molar-refractivity contribution in [3.05, 3.63) is 23.8 Å². The smallest absolute Gasteiger partial charge is 0.326 e. The Kier molecular flexibility index (Phi) is 4.41. The summed E-state index contributed by atoms with van der Waals surface area (Å²) in [5, 5.41) is 9.80. The lowest BCUT2D eigenvalue weighted by Crippen LogP contribution is -2.58. The number of anilines is 1. The SMILES string of the molecule is COc1cccc2c1N(C(C(=O)O)C(C)C)C(C)(C)CC2C. The van der Waals surface area contributed by atoms with Crippen LogP contribution in [0.25, 0.3) is 0 Å². The van der Waals surface area contributed by atoms with Gasteiger partial charge in [-0.15, -0.1) is 0 Å². The van der Waals surface area contributed by atoms with Crippen molar-refractivity contribution in [2.24, 2.45) is 5.92 Å². The molecule has 0 saturated heterocycles. The van der Waals surface area contributed by atoms with Gasteiger partial charge in [0.15, 0.2) is 0 Å². The highest BCUT2D eigenvalue weighted by molar-refractivity contribution is 5.82. The Labute approximate surface area is 133 Å². The predicted molar refractivity (Wildman–Crippen MR) is 88.8 cm³/mol. The summed E-state index contributed by atoms with van der Waals surface area (Å²) in [5.41, 5.74) is 1.87. The lowest BCUT2D eigenvalue weighted by Gasteiger charge is -2.51. The van der Waals surface area contributed by atoms with Gasteiger partial charge in [-0.3, -0.25) is 0 Å². The Hall–Kier alpha value is -1.71. The van der Waals surface area contributed by atoms with Gasteiger partial charge >= 0.3 is 5.97 Å². The number of fused-ring (bicyclic) bond motifs is 1. The maximum absolute atomic E-state index is 11.9. The maximum Gasteiger partial charge on any atom is 0.326 e. The number of carbonyl (C=O) groups is 1. The molecule has 1 aliphatic rings. The second kappa shape index (κ2) is 5.82. The van der Waals surface area contributed by atoms with E-state index in [0.29, 0.717) is 5.92 Å². The topological polar surface area (TPSA) is 49.8 Å². The third-order valence-electron chi connectivity index (χ3n) is 4.64. The van der Waals surface area contributed by atoms with Crippen LogP contribution < -0.4 is 9.64 Å². The number of carboxylic acids is 1. The van der Waals surface area contributed by atoms with Crippen molar-refractivity contribution in [1.29, 1.82) is 0 Å². The second-order valence-corrected chi connectivity index (χ2v) is 7.21. The van der Waals surface area contributed by atoms with E-state index in [1.165, 1.54) is 5.56 Å². The van der Waals surface area contributed by atoms with Crippen LogP contribution in [0.4, 0.5) is 5.69 Å². The van der Waals surface area contributed by atoms with E-state index in [0.717, 1.165) is 17.9 Å². The summed E-state index contributed by atoms with van der Waals surface area (Å²) in [7, 11) is 1.64. The molecule has 0 fully saturated rings. The minimum atomic E-state index is -0.783. The molecule has 122 valence electrons. The van der Waals surface area contributed by atoms with E-state index in [4.69, 9.17) is 4.74 Å². The molecule has 1 aromatic rings. The molecule has 2 atom stereocenters. The summed E-state index contributed by atoms with van der Waals surface area (Å²) in [6.07, 6.45) is 0.920. The van der Waals surface area contributed by atoms with Crippen LogP contribution in [-0.4, -0.2) is 29.8 Å². The molecule has 1 aliphatic heterocycles. The standard InChI is InChI=1S/C18H27NO3/c1-11(2)15(17(20)21)19-16-13(8-7-9-14(16)22-6)12(3)10-18(19,4)5/h7-9,11-12,15H,10H2,1-6H3,(H,20,21). The number of aliphatic carboxylic acids is 1. The van der Waals surface area contributed by atoms with Gasteiger partial charge in [-0.05, 0) is 43.7 Å². The van der Waals surface area contributed by atoms with E-state index < -0.39 is 12.0 Å². The van der Waals surface area contributed by atoms with E-state index in [1.807, 2.05) is 26.0 Å². The number of rotatable bonds is 4. The number of benzene rings is 1. The van der Waals surface area contributed by atoms with Crippen LogP contribution in [0.2, 0.25) is 0 Å². The van der Waals surface area contributed by atoms with Gasteiger partial charge < -0.3 is 14.7 Å². The summed E-state index contributed by atoms with van der Waals surface area (Å²) in [4.78, 5) is 14.0. The molecule has 22 heavy (non-hydrogen) atoms. The first kappa shape index (κ1) is 16.7. The van der Waals surface area contributed by atoms with Crippen LogP contribution in [0.1, 0.15) is 52.5 Å². The summed E-state index contributed by atoms with van der Waals surface area (Å²) in [5.74, 6) is 0.347. The number of methoxy groups -OCH3 is 1. The fraction of sp³-hybridized carbons (Fsp3) is 0.611. The third-order valence-corrected chi connectivity index (χ3v) is 4.64. The first-order valence-corrected chi connectivity index (χ1v) is 7.89. The normalized spacial score (nSPS) is 21.4. The van der Waals surface area contributed by atoms with E-state index >= 15 is 0 Å². The van der Waals surface area contributed by atoms with Crippen molar-refractivity contribution in [3.63, 3.8) is 0 Å². The second-order valence-electron chi connectivity index (χ2n) is 7.21. The summed E-state index contributed by atoms with van der Waals surface area (Å²) in [6.45, 7) is 10.4. The predicted octanol–water partition coefficient (Wildman–Crippen LogP) is 3.90. The van der Waals surface area contributed by atoms with Crippen LogP contribution in [0.15, 0.2) is 18.2 Å². The van der Waals surface area contributed by atoms with Crippen LogP contribution in [0.5, 0.6) is 5.75 Å². The molecular weight excluding hydrogens is 278 g/mol. The van der Waals surface area contributed by atoms with E-state index in [2.05, 4.69) is 31.7 Å². The summed E-state index contributed by atoms with van der Waals surface area (Å²) < 4.78 is 5.56. The number of hydrogen-bond acceptors (Lipinski definition) is 3. The molecule has 2 rings (SSSR count). The molecule has 1 aromatic carbocycles. The summed E-state index contributed by atoms with van der Waals surface area (Å²) >= 11 is 0. The molecule has 0 bridgehead atoms. The minimum absolute atomic E-state index is 0.00273. The number of para-hydroxylation sites is 1. The third kappa shape index (κ3) is 2.67. The number of nitrogens with zero attached hydrogens (tertiary/aromatic N) is 1. The fourth-order valence-corrected chi connectivity index (χ4v) is 3.83. The van der Waals surface area contributed by atoms with E-state index in [-0.39, 0.29) is 11.5 Å². The van der Waals surface area contributed by atoms with E-state index in [1.54, 1.807) is 7.11 Å². The first-order valence-electron chi connectivity index (χ1n) is 7.89. The Balaban J connectivity index is 2.71. The molecule has 4 heteroatoms. The monoisotopic (exact) mass is 305 g/mol. The molecule has 0 radical (unpaired) electrons. The van der Waals surface area contributed by atoms with Crippen molar-refractivity contribution in [3.8, 4) is 5.75 Å². The quantitative estimate of drug-likeness (QED) is 0.916. The minimum Gasteiger partial charge on any atom is -0.495 e. The largest absolute Gasteiger partial charge is 0.495 e. The Morgan fingerprint density at radius 1 is 1.41 bits per heavy atom. The highest BCUT2D eigenvalue weighted by atomic mass is 16.5. The molecular formula is C18H27NO3. The van der Waals surface area contributed by atoms with Crippen LogP contribution >= 0.6 is 0 Å². The number of carboxylic acid groups (broad SMARTS) is 1. The van der Waals surface area contributed by atoms with Crippen molar-refractivity contribution < 1.29 is 14.6 Å². The maximum atomic E-state index is 11.9. The lowest BCUT2D eigenvalue weighted by atomic mass is 9.78. The van der Waals surface area contributed by atoms with Gasteiger partial charge in [0, 0.05) is 5.54 Å². The van der Waals surface area contributed by atoms with Crippen molar-refractivity contribution in [1.82, 2.24) is 0 Å². The molecule has 1 heterocycles. The zero-order valence-electron chi connectivity index (χ0n) is 14.4. The van der Waals surface area contributed by atoms with Gasteiger partial charge in [0.25, 0.3) is 0 Å². The molecule has 0 saturated carbocycles. The molecule has 0 aliphatic carbocycles. The average molecular weight is 305 g/mol. The van der Waals surface area contributed by atoms with Gasteiger partial charge in [0.2, 0.25) is 0 Å². The number of ether oxygens (including phenoxy) is 1. The van der Waals surface area contributed by atoms with Gasteiger partial charge in [-0.1, -0.05) is 32.9 Å². The Bertz CT molecular complexity index is 565. The van der Waals surface area contributed by atoms with Gasteiger partial charge in [0.05, 0.1) is 12.8 Å². The zero-order valence-corrected chi connectivity index (χ0v) is 14.4. The van der Waals surface area contributed by atoms with Crippen molar-refractivity contribution >= 4 is 11.7 Å². The molecule has 0 spiro atoms. The highest BCUT2D eigenvalue weighted by Gasteiger charge is 2.44. The Morgan fingerprint density at radius 3 is 2.55 bits per heavy atom. The summed E-state index contributed by atoms with van der Waals surface area (Å²) in [6, 6.07) is 5.41. The van der Waals surface area contributed by atoms with Crippen LogP contribution in [-0.2, 0) is 4.79 Å². The zero-order chi connectivity index (χ0) is 16.7. The van der Waals surface area contributed by atoms with Crippen molar-refractivity contribution in [2.45, 2.75) is 58.5 Å². The van der Waals surface area contributed by atoms with Gasteiger partial charge in [0.1, 0.15) is 11.8 Å². The highest BCUT2D eigenvalue weighted by Crippen LogP contribution is 2.49. The average Bonchev–Trinajstić information content (AvgIpc) is 2.41. The Morgan fingerprint density at radius 2 is 2.05 bits per heavy atom. The fourth-order valence-electron chi connectivity index (χ4n) is 3.83. The van der Waals surface area contributed by atoms with Crippen LogP contribution in [0, 0.1) is 5.92 Å². The molecule has 0 amide bonds. The van der Waals surface area contributed by atoms with E-state index in [9.17, 15) is 9.90 Å². The lowest BCUT2D eigenvalue weighted by molar-refractivity contribution is -0.140. The molecule has 1 N–H and O–H groups in total. The van der Waals surface area contributed by atoms with Gasteiger partial charge in [-0.25, -0.2) is 4.79 Å². The first-order chi connectivity index (χ1) is 10.2. The molecule has 0 aromatic heterocycles. The van der Waals surface area contributed by atoms with Crippen molar-refractivity contribution in [2.75, 3.05) is 12.0 Å². The molecule has 4 nitrogen and oxygen atoms in total. The van der Waals surface area contributed by atoms with Gasteiger partial charge in [-0.2, -0.15) is 0 Å². The number of hydrogen-bond donors (Lipinski definition) is 1. The van der Waals surface area contributed by atoms with Crippen LogP contribution in [0.3, 0.4) is 0 Å².